The molecule has 0 saturated carbocycles. The number of ether oxygens (including phenoxy) is 1. The summed E-state index contributed by atoms with van der Waals surface area (Å²) in [5.74, 6) is 2.38. The zero-order valence-electron chi connectivity index (χ0n) is 42.5. The van der Waals surface area contributed by atoms with Crippen LogP contribution in [0.25, 0.3) is 61.0 Å². The van der Waals surface area contributed by atoms with Gasteiger partial charge in [-0.3, -0.25) is 4.57 Å². The summed E-state index contributed by atoms with van der Waals surface area (Å²) in [4.78, 5) is 9.95. The average molecular weight is 927 g/mol. The van der Waals surface area contributed by atoms with Gasteiger partial charge < -0.3 is 14.5 Å². The summed E-state index contributed by atoms with van der Waals surface area (Å²) >= 11 is 0. The Kier molecular flexibility index (Phi) is 11.2. The highest BCUT2D eigenvalue weighted by Gasteiger charge is 2.31. The molecule has 352 valence electrons. The maximum atomic E-state index is 7.15. The monoisotopic (exact) mass is 926 g/mol. The fraction of sp³-hybridized carbons (Fsp3) is 0.197. The molecule has 5 nitrogen and oxygen atoms in total. The minimum atomic E-state index is -0.0550. The quantitative estimate of drug-likeness (QED) is 0.152. The standard InChI is InChI=1S/C66H62N4O/c1-64(2,3)49-32-33-67-62(39-49)70-58-29-17-16-28-56(58)63-57(48-25-18-24-46(34-48)44-20-12-10-13-21-44)41-55(42-61(63)70)71-54-27-19-26-52(40-54)68-43-69(53-37-50(65(4,5)6)36-51(38-53)66(7,8)9)59-31-30-47(35-60(59)68)45-22-14-11-15-23-45/h10-42H,43H2,1-9H3. The van der Waals surface area contributed by atoms with Crippen LogP contribution in [0.1, 0.15) is 79.0 Å². The van der Waals surface area contributed by atoms with Crippen molar-refractivity contribution >= 4 is 44.6 Å². The first-order chi connectivity index (χ1) is 34.1. The van der Waals surface area contributed by atoms with E-state index in [1.54, 1.807) is 0 Å². The van der Waals surface area contributed by atoms with Crippen LogP contribution in [0.3, 0.4) is 0 Å². The number of anilines is 4. The van der Waals surface area contributed by atoms with E-state index in [1.165, 1.54) is 44.8 Å². The number of para-hydroxylation sites is 1. The first kappa shape index (κ1) is 45.5. The third-order valence-electron chi connectivity index (χ3n) is 14.1. The van der Waals surface area contributed by atoms with Crippen LogP contribution in [-0.2, 0) is 16.2 Å². The number of hydrogen-bond acceptors (Lipinski definition) is 4. The van der Waals surface area contributed by atoms with Crippen LogP contribution in [0.15, 0.2) is 200 Å². The summed E-state index contributed by atoms with van der Waals surface area (Å²) in [7, 11) is 0. The summed E-state index contributed by atoms with van der Waals surface area (Å²) in [5, 5.41) is 2.32. The minimum Gasteiger partial charge on any atom is -0.457 e. The number of hydrogen-bond donors (Lipinski definition) is 0. The summed E-state index contributed by atoms with van der Waals surface area (Å²) < 4.78 is 9.47. The summed E-state index contributed by atoms with van der Waals surface area (Å²) in [6.07, 6.45) is 1.94. The molecule has 5 heteroatoms. The third kappa shape index (κ3) is 8.75. The number of aromatic nitrogens is 2. The lowest BCUT2D eigenvalue weighted by Gasteiger charge is -2.29. The average Bonchev–Trinajstić information content (AvgIpc) is 3.92. The molecule has 0 radical (unpaired) electrons. The van der Waals surface area contributed by atoms with Crippen molar-refractivity contribution in [3.63, 3.8) is 0 Å². The second-order valence-corrected chi connectivity index (χ2v) is 22.3. The van der Waals surface area contributed by atoms with Gasteiger partial charge in [0, 0.05) is 40.5 Å². The van der Waals surface area contributed by atoms with Gasteiger partial charge >= 0.3 is 0 Å². The van der Waals surface area contributed by atoms with Crippen molar-refractivity contribution in [1.29, 1.82) is 0 Å². The van der Waals surface area contributed by atoms with Gasteiger partial charge in [-0.05, 0) is 133 Å². The van der Waals surface area contributed by atoms with Crippen LogP contribution in [0.5, 0.6) is 11.5 Å². The van der Waals surface area contributed by atoms with Crippen LogP contribution in [0.4, 0.5) is 22.7 Å². The van der Waals surface area contributed by atoms with Gasteiger partial charge in [0.05, 0.1) is 22.4 Å². The predicted molar refractivity (Wildman–Crippen MR) is 300 cm³/mol. The highest BCUT2D eigenvalue weighted by atomic mass is 16.5. The fourth-order valence-corrected chi connectivity index (χ4v) is 10.1. The highest BCUT2D eigenvalue weighted by Crippen LogP contribution is 2.49. The highest BCUT2D eigenvalue weighted by molar-refractivity contribution is 6.16. The second kappa shape index (κ2) is 17.5. The Morgan fingerprint density at radius 3 is 1.70 bits per heavy atom. The minimum absolute atomic E-state index is 0.0179. The molecule has 0 bridgehead atoms. The lowest BCUT2D eigenvalue weighted by atomic mass is 9.80. The number of fused-ring (bicyclic) bond motifs is 4. The van der Waals surface area contributed by atoms with E-state index in [9.17, 15) is 0 Å². The molecule has 0 spiro atoms. The van der Waals surface area contributed by atoms with Crippen molar-refractivity contribution in [1.82, 2.24) is 9.55 Å². The SMILES string of the molecule is CC(C)(C)c1cc(N2CN(c3cccc(Oc4cc(-c5cccc(-c6ccccc6)c5)c5c6ccccc6n(-c6cc(C(C)(C)C)ccn6)c5c4)c3)c3cc(-c4ccccc4)ccc32)cc(C(C)(C)C)c1. The van der Waals surface area contributed by atoms with E-state index in [0.29, 0.717) is 6.67 Å². The van der Waals surface area contributed by atoms with Gasteiger partial charge in [0.25, 0.3) is 0 Å². The van der Waals surface area contributed by atoms with Crippen molar-refractivity contribution in [3.8, 4) is 50.7 Å². The number of pyridine rings is 1. The molecule has 1 aliphatic heterocycles. The van der Waals surface area contributed by atoms with E-state index in [-0.39, 0.29) is 16.2 Å². The lowest BCUT2D eigenvalue weighted by molar-refractivity contribution is 0.483. The van der Waals surface area contributed by atoms with E-state index < -0.39 is 0 Å². The molecule has 0 saturated heterocycles. The normalized spacial score (nSPS) is 13.0. The van der Waals surface area contributed by atoms with Gasteiger partial charge in [0.1, 0.15) is 24.0 Å². The molecule has 10 aromatic rings. The maximum absolute atomic E-state index is 7.15. The van der Waals surface area contributed by atoms with E-state index in [0.717, 1.165) is 67.2 Å². The molecule has 11 rings (SSSR count). The topological polar surface area (TPSA) is 33.5 Å². The third-order valence-corrected chi connectivity index (χ3v) is 14.1. The zero-order chi connectivity index (χ0) is 49.2. The lowest BCUT2D eigenvalue weighted by Crippen LogP contribution is -2.25. The molecule has 71 heavy (non-hydrogen) atoms. The molecule has 0 unspecified atom stereocenters. The first-order valence-corrected chi connectivity index (χ1v) is 25.0. The second-order valence-electron chi connectivity index (χ2n) is 22.3. The van der Waals surface area contributed by atoms with E-state index >= 15 is 0 Å². The van der Waals surface area contributed by atoms with Crippen LogP contribution in [0, 0.1) is 0 Å². The van der Waals surface area contributed by atoms with Crippen molar-refractivity contribution in [2.24, 2.45) is 0 Å². The van der Waals surface area contributed by atoms with Crippen LogP contribution in [-0.4, -0.2) is 16.2 Å². The Morgan fingerprint density at radius 1 is 0.408 bits per heavy atom. The van der Waals surface area contributed by atoms with Crippen LogP contribution < -0.4 is 14.5 Å². The van der Waals surface area contributed by atoms with Crippen molar-refractivity contribution in [2.75, 3.05) is 16.5 Å². The molecule has 0 N–H and O–H groups in total. The van der Waals surface area contributed by atoms with Gasteiger partial charge in [-0.1, -0.05) is 178 Å². The van der Waals surface area contributed by atoms with Crippen LogP contribution >= 0.6 is 0 Å². The van der Waals surface area contributed by atoms with Crippen molar-refractivity contribution in [3.05, 3.63) is 217 Å². The molecule has 0 amide bonds. The zero-order valence-corrected chi connectivity index (χ0v) is 42.5. The summed E-state index contributed by atoms with van der Waals surface area (Å²) in [5.41, 5.74) is 17.4. The first-order valence-electron chi connectivity index (χ1n) is 25.0. The van der Waals surface area contributed by atoms with Crippen molar-refractivity contribution in [2.45, 2.75) is 78.6 Å². The van der Waals surface area contributed by atoms with Crippen LogP contribution in [0.2, 0.25) is 0 Å². The fourth-order valence-electron chi connectivity index (χ4n) is 10.1. The Hall–Kier alpha value is -7.89. The number of benzene rings is 8. The molecule has 3 heterocycles. The molecular formula is C66H62N4O. The summed E-state index contributed by atoms with van der Waals surface area (Å²) in [6.45, 7) is 21.3. The van der Waals surface area contributed by atoms with E-state index in [1.807, 2.05) is 6.20 Å². The Bertz CT molecular complexity index is 3570. The largest absolute Gasteiger partial charge is 0.457 e. The van der Waals surface area contributed by atoms with E-state index in [2.05, 4.69) is 271 Å². The molecule has 8 aromatic carbocycles. The van der Waals surface area contributed by atoms with Gasteiger partial charge in [-0.2, -0.15) is 0 Å². The van der Waals surface area contributed by atoms with Crippen molar-refractivity contribution < 1.29 is 4.74 Å². The molecule has 0 fully saturated rings. The van der Waals surface area contributed by atoms with E-state index in [4.69, 9.17) is 9.72 Å². The Balaban J connectivity index is 1.06. The predicted octanol–water partition coefficient (Wildman–Crippen LogP) is 18.1. The molecule has 2 aromatic heterocycles. The molecule has 0 atom stereocenters. The van der Waals surface area contributed by atoms with Gasteiger partial charge in [-0.25, -0.2) is 4.98 Å². The molecule has 1 aliphatic rings. The maximum Gasteiger partial charge on any atom is 0.137 e. The smallest absolute Gasteiger partial charge is 0.137 e. The molecule has 0 aliphatic carbocycles. The molecular weight excluding hydrogens is 865 g/mol. The van der Waals surface area contributed by atoms with Gasteiger partial charge in [0.15, 0.2) is 0 Å². The van der Waals surface area contributed by atoms with Gasteiger partial charge in [-0.15, -0.1) is 0 Å². The Morgan fingerprint density at radius 2 is 1.01 bits per heavy atom. The van der Waals surface area contributed by atoms with Gasteiger partial charge in [0.2, 0.25) is 0 Å². The Labute approximate surface area is 419 Å². The number of rotatable bonds is 8. The summed E-state index contributed by atoms with van der Waals surface area (Å²) in [6, 6.07) is 70.4. The number of nitrogens with zero attached hydrogens (tertiary/aromatic N) is 4.